The lowest BCUT2D eigenvalue weighted by molar-refractivity contribution is 0.0690. The third-order valence-corrected chi connectivity index (χ3v) is 12.1. The van der Waals surface area contributed by atoms with Gasteiger partial charge in [0.25, 0.3) is 11.8 Å². The van der Waals surface area contributed by atoms with Crippen LogP contribution in [-0.4, -0.2) is 91.8 Å². The zero-order valence-electron chi connectivity index (χ0n) is 29.3. The Kier molecular flexibility index (Phi) is 7.69. The van der Waals surface area contributed by atoms with Crippen molar-refractivity contribution in [3.63, 3.8) is 0 Å². The molecule has 4 aliphatic rings. The Morgan fingerprint density at radius 1 is 0.980 bits per heavy atom. The van der Waals surface area contributed by atoms with Gasteiger partial charge < -0.3 is 35.1 Å². The molecule has 4 fully saturated rings. The van der Waals surface area contributed by atoms with Gasteiger partial charge in [-0.05, 0) is 92.8 Å². The van der Waals surface area contributed by atoms with Crippen molar-refractivity contribution >= 4 is 41.7 Å². The Bertz CT molecular complexity index is 2180. The standard InChI is InChI=1S/C38H44BN9O3/c1-51-31-18-25(37(50)47-21-26-6-7-32(47)38(26,39)41)16-29-33(31)48(28-9-13-45(14-10-28)36(49)24-8-12-42-27(15-24)19-40)35(44-29)30-17-23-3-2-11-43-34(23)46(30)20-22-4-5-22/h2-3,8,11-12,15-18,22,26,28,32H,4-7,9-10,13-14,19-21,39-41H2,1H3. The third-order valence-electron chi connectivity index (χ3n) is 12.1. The molecule has 3 unspecified atom stereocenters. The van der Waals surface area contributed by atoms with Crippen LogP contribution < -0.4 is 16.2 Å². The number of amides is 2. The number of likely N-dealkylation sites (tertiary alicyclic amines) is 2. The molecule has 5 aromatic rings. The minimum atomic E-state index is -0.373. The molecule has 2 aliphatic carbocycles. The van der Waals surface area contributed by atoms with Crippen LogP contribution in [0, 0.1) is 11.8 Å². The quantitative estimate of drug-likeness (QED) is 0.236. The summed E-state index contributed by atoms with van der Waals surface area (Å²) in [6.45, 7) is 3.01. The maximum atomic E-state index is 14.2. The maximum Gasteiger partial charge on any atom is 0.254 e. The predicted molar refractivity (Wildman–Crippen MR) is 197 cm³/mol. The first-order valence-electron chi connectivity index (χ1n) is 18.3. The van der Waals surface area contributed by atoms with Crippen molar-refractivity contribution in [2.24, 2.45) is 23.3 Å². The summed E-state index contributed by atoms with van der Waals surface area (Å²) in [6.07, 6.45) is 9.36. The van der Waals surface area contributed by atoms with Crippen LogP contribution in [0.3, 0.4) is 0 Å². The van der Waals surface area contributed by atoms with Crippen LogP contribution in [0.15, 0.2) is 54.9 Å². The molecular formula is C38H44BN9O3. The van der Waals surface area contributed by atoms with Gasteiger partial charge in [-0.25, -0.2) is 9.97 Å². The zero-order chi connectivity index (χ0) is 35.0. The molecule has 13 heteroatoms. The molecule has 0 spiro atoms. The minimum Gasteiger partial charge on any atom is -0.494 e. The van der Waals surface area contributed by atoms with Crippen molar-refractivity contribution in [1.29, 1.82) is 0 Å². The Morgan fingerprint density at radius 2 is 1.80 bits per heavy atom. The van der Waals surface area contributed by atoms with Gasteiger partial charge in [0.2, 0.25) is 0 Å². The molecule has 6 heterocycles. The van der Waals surface area contributed by atoms with Crippen LogP contribution in [0.1, 0.15) is 71.0 Å². The number of methoxy groups -OCH3 is 1. The van der Waals surface area contributed by atoms with Crippen LogP contribution in [0.2, 0.25) is 0 Å². The number of imidazole rings is 1. The predicted octanol–water partition coefficient (Wildman–Crippen LogP) is 3.33. The molecule has 2 bridgehead atoms. The third kappa shape index (κ3) is 5.31. The number of carbonyl (C=O) groups excluding carboxylic acids is 2. The highest BCUT2D eigenvalue weighted by Gasteiger charge is 2.54. The van der Waals surface area contributed by atoms with Crippen LogP contribution in [0.5, 0.6) is 5.75 Å². The molecule has 4 aromatic heterocycles. The van der Waals surface area contributed by atoms with E-state index in [4.69, 9.17) is 26.2 Å². The highest BCUT2D eigenvalue weighted by Crippen LogP contribution is 2.45. The van der Waals surface area contributed by atoms with Crippen LogP contribution in [0.4, 0.5) is 0 Å². The molecule has 0 radical (unpaired) electrons. The zero-order valence-corrected chi connectivity index (χ0v) is 29.3. The minimum absolute atomic E-state index is 0.0122. The number of aromatic nitrogens is 5. The molecule has 4 N–H and O–H groups in total. The molecule has 1 aromatic carbocycles. The summed E-state index contributed by atoms with van der Waals surface area (Å²) in [5.74, 6) is 2.33. The van der Waals surface area contributed by atoms with E-state index >= 15 is 0 Å². The van der Waals surface area contributed by atoms with E-state index in [9.17, 15) is 9.59 Å². The SMILES string of the molecule is BC1(N)C2CCC1N(C(=O)c1cc(OC)c3c(c1)nc(-c1cc4cccnc4n1CC1CC1)n3C1CCN(C(=O)c3ccnc(CN)c3)CC1)C2. The molecule has 2 saturated carbocycles. The number of piperidine rings is 2. The Morgan fingerprint density at radius 3 is 2.51 bits per heavy atom. The highest BCUT2D eigenvalue weighted by atomic mass is 16.5. The van der Waals surface area contributed by atoms with Gasteiger partial charge in [-0.3, -0.25) is 14.6 Å². The Labute approximate surface area is 297 Å². The number of nitrogens with two attached hydrogens (primary N) is 2. The molecule has 262 valence electrons. The van der Waals surface area contributed by atoms with Crippen LogP contribution in [0.25, 0.3) is 33.6 Å². The van der Waals surface area contributed by atoms with Crippen molar-refractivity contribution in [2.45, 2.75) is 69.1 Å². The second-order valence-corrected chi connectivity index (χ2v) is 15.2. The number of benzene rings is 1. The largest absolute Gasteiger partial charge is 0.494 e. The molecule has 9 rings (SSSR count). The van der Waals surface area contributed by atoms with Gasteiger partial charge in [0.15, 0.2) is 5.82 Å². The first kappa shape index (κ1) is 32.2. The van der Waals surface area contributed by atoms with Gasteiger partial charge in [0, 0.05) is 79.2 Å². The van der Waals surface area contributed by atoms with Crippen molar-refractivity contribution in [3.05, 3.63) is 71.7 Å². The van der Waals surface area contributed by atoms with E-state index in [0.717, 1.165) is 60.3 Å². The number of ether oxygens (including phenoxy) is 1. The van der Waals surface area contributed by atoms with Crippen LogP contribution >= 0.6 is 0 Å². The number of hydrogen-bond donors (Lipinski definition) is 2. The average Bonchev–Trinajstić information content (AvgIpc) is 3.60. The first-order valence-corrected chi connectivity index (χ1v) is 18.3. The molecule has 12 nitrogen and oxygen atoms in total. The van der Waals surface area contributed by atoms with E-state index in [1.807, 2.05) is 34.2 Å². The summed E-state index contributed by atoms with van der Waals surface area (Å²) in [7, 11) is 3.75. The molecule has 3 atom stereocenters. The second-order valence-electron chi connectivity index (χ2n) is 15.2. The van der Waals surface area contributed by atoms with E-state index < -0.39 is 0 Å². The van der Waals surface area contributed by atoms with Gasteiger partial charge in [-0.2, -0.15) is 0 Å². The fourth-order valence-corrected chi connectivity index (χ4v) is 9.05. The highest BCUT2D eigenvalue weighted by molar-refractivity contribution is 6.17. The van der Waals surface area contributed by atoms with E-state index in [0.29, 0.717) is 59.6 Å². The lowest BCUT2D eigenvalue weighted by atomic mass is 9.71. The monoisotopic (exact) mass is 685 g/mol. The van der Waals surface area contributed by atoms with Gasteiger partial charge in [0.05, 0.1) is 24.0 Å². The fourth-order valence-electron chi connectivity index (χ4n) is 9.05. The van der Waals surface area contributed by atoms with Gasteiger partial charge in [-0.1, -0.05) is 0 Å². The summed E-state index contributed by atoms with van der Waals surface area (Å²) >= 11 is 0. The summed E-state index contributed by atoms with van der Waals surface area (Å²) in [4.78, 5) is 46.1. The van der Waals surface area contributed by atoms with Crippen molar-refractivity contribution in [1.82, 2.24) is 33.9 Å². The van der Waals surface area contributed by atoms with E-state index in [2.05, 4.69) is 34.1 Å². The second kappa shape index (κ2) is 12.2. The van der Waals surface area contributed by atoms with Crippen molar-refractivity contribution in [3.8, 4) is 17.3 Å². The van der Waals surface area contributed by atoms with Gasteiger partial charge in [0.1, 0.15) is 24.8 Å². The van der Waals surface area contributed by atoms with E-state index in [-0.39, 0.29) is 35.9 Å². The fraction of sp³-hybridized carbons (Fsp3) is 0.447. The molecule has 2 aliphatic heterocycles. The number of fused-ring (bicyclic) bond motifs is 4. The average molecular weight is 686 g/mol. The number of hydrogen-bond acceptors (Lipinski definition) is 8. The molecule has 2 saturated heterocycles. The number of rotatable bonds is 8. The Hall–Kier alpha value is -4.75. The van der Waals surface area contributed by atoms with E-state index in [1.165, 1.54) is 12.8 Å². The lowest BCUT2D eigenvalue weighted by Crippen LogP contribution is -2.52. The van der Waals surface area contributed by atoms with E-state index in [1.54, 1.807) is 25.4 Å². The maximum absolute atomic E-state index is 14.2. The lowest BCUT2D eigenvalue weighted by Gasteiger charge is -2.34. The molecular weight excluding hydrogens is 641 g/mol. The summed E-state index contributed by atoms with van der Waals surface area (Å²) in [5, 5.41) is 1.07. The molecule has 2 amide bonds. The number of nitrogens with zero attached hydrogens (tertiary/aromatic N) is 7. The van der Waals surface area contributed by atoms with Crippen molar-refractivity contribution < 1.29 is 14.3 Å². The topological polar surface area (TPSA) is 150 Å². The summed E-state index contributed by atoms with van der Waals surface area (Å²) < 4.78 is 10.7. The molecule has 51 heavy (non-hydrogen) atoms. The van der Waals surface area contributed by atoms with Gasteiger partial charge >= 0.3 is 0 Å². The number of pyridine rings is 2. The summed E-state index contributed by atoms with van der Waals surface area (Å²) in [6, 6.07) is 13.7. The van der Waals surface area contributed by atoms with Gasteiger partial charge in [-0.15, -0.1) is 0 Å². The van der Waals surface area contributed by atoms with Crippen molar-refractivity contribution in [2.75, 3.05) is 26.7 Å². The van der Waals surface area contributed by atoms with Crippen LogP contribution in [-0.2, 0) is 13.1 Å². The number of carbonyl (C=O) groups is 2. The Balaban J connectivity index is 1.13. The smallest absolute Gasteiger partial charge is 0.254 e. The summed E-state index contributed by atoms with van der Waals surface area (Å²) in [5.41, 5.74) is 17.6. The first-order chi connectivity index (χ1) is 24.7. The normalized spacial score (nSPS) is 23.5.